The van der Waals surface area contributed by atoms with Gasteiger partial charge in [0.05, 0.1) is 6.04 Å². The van der Waals surface area contributed by atoms with E-state index in [-0.39, 0.29) is 25.1 Å². The molecule has 3 aromatic rings. The fourth-order valence-electron chi connectivity index (χ4n) is 3.59. The zero-order chi connectivity index (χ0) is 20.1. The van der Waals surface area contributed by atoms with Crippen molar-refractivity contribution in [1.29, 1.82) is 0 Å². The van der Waals surface area contributed by atoms with Crippen molar-refractivity contribution in [2.75, 3.05) is 0 Å². The number of aromatic nitrogens is 4. The normalized spacial score (nSPS) is 14.1. The summed E-state index contributed by atoms with van der Waals surface area (Å²) in [5.41, 5.74) is 3.98. The molecule has 4 rings (SSSR count). The van der Waals surface area contributed by atoms with E-state index >= 15 is 0 Å². The van der Waals surface area contributed by atoms with Gasteiger partial charge in [-0.05, 0) is 66.6 Å². The summed E-state index contributed by atoms with van der Waals surface area (Å²) in [7, 11) is 0. The summed E-state index contributed by atoms with van der Waals surface area (Å²) in [5.74, 6) is 1.02. The van der Waals surface area contributed by atoms with Crippen LogP contribution in [0.15, 0.2) is 48.5 Å². The van der Waals surface area contributed by atoms with Crippen LogP contribution in [0.4, 0.5) is 0 Å². The lowest BCUT2D eigenvalue weighted by Crippen LogP contribution is -2.31. The minimum absolute atomic E-state index is 0.0214. The molecule has 7 heteroatoms. The smallest absolute Gasteiger partial charge is 0.244 e. The molecule has 1 aromatic heterocycles. The summed E-state index contributed by atoms with van der Waals surface area (Å²) in [6.45, 7) is 2.22. The first kappa shape index (κ1) is 19.1. The van der Waals surface area contributed by atoms with Crippen LogP contribution in [0.1, 0.15) is 48.3 Å². The molecule has 0 bridgehead atoms. The lowest BCUT2D eigenvalue weighted by atomic mass is 9.89. The average molecular weight is 391 g/mol. The number of nitrogens with zero attached hydrogens (tertiary/aromatic N) is 4. The van der Waals surface area contributed by atoms with Crippen molar-refractivity contribution in [3.8, 4) is 5.75 Å². The quantitative estimate of drug-likeness (QED) is 0.670. The van der Waals surface area contributed by atoms with E-state index in [0.29, 0.717) is 5.82 Å². The number of nitrogens with one attached hydrogen (secondary N) is 1. The first-order valence-electron chi connectivity index (χ1n) is 10.0. The second-order valence-electron chi connectivity index (χ2n) is 7.36. The summed E-state index contributed by atoms with van der Waals surface area (Å²) in [5, 5.41) is 15.1. The Morgan fingerprint density at radius 2 is 1.93 bits per heavy atom. The number of para-hydroxylation sites is 1. The number of carbonyl (C=O) groups excluding carboxylic acids is 1. The van der Waals surface area contributed by atoms with Gasteiger partial charge in [-0.3, -0.25) is 4.79 Å². The fraction of sp³-hybridized carbons (Fsp3) is 0.364. The van der Waals surface area contributed by atoms with E-state index in [1.54, 1.807) is 0 Å². The predicted molar refractivity (Wildman–Crippen MR) is 108 cm³/mol. The van der Waals surface area contributed by atoms with Crippen LogP contribution in [0, 0.1) is 0 Å². The van der Waals surface area contributed by atoms with E-state index in [1.165, 1.54) is 28.8 Å². The number of fused-ring (bicyclic) bond motifs is 1. The van der Waals surface area contributed by atoms with Gasteiger partial charge in [-0.2, -0.15) is 4.80 Å². The van der Waals surface area contributed by atoms with E-state index in [2.05, 4.69) is 38.9 Å². The Hall–Kier alpha value is -3.22. The first-order chi connectivity index (χ1) is 14.2. The number of hydrogen-bond donors (Lipinski definition) is 1. The molecule has 1 heterocycles. The maximum Gasteiger partial charge on any atom is 0.244 e. The molecule has 0 aliphatic heterocycles. The van der Waals surface area contributed by atoms with Gasteiger partial charge in [-0.15, -0.1) is 10.2 Å². The number of amides is 1. The van der Waals surface area contributed by atoms with Crippen LogP contribution in [0.25, 0.3) is 0 Å². The monoisotopic (exact) mass is 391 g/mol. The molecule has 150 valence electrons. The van der Waals surface area contributed by atoms with Crippen molar-refractivity contribution in [2.45, 2.75) is 51.8 Å². The van der Waals surface area contributed by atoms with Gasteiger partial charge in [0.15, 0.2) is 6.61 Å². The third kappa shape index (κ3) is 4.99. The summed E-state index contributed by atoms with van der Waals surface area (Å²) >= 11 is 0. The maximum atomic E-state index is 12.4. The van der Waals surface area contributed by atoms with Crippen LogP contribution >= 0.6 is 0 Å². The van der Waals surface area contributed by atoms with Crippen molar-refractivity contribution >= 4 is 5.91 Å². The average Bonchev–Trinajstić information content (AvgIpc) is 3.19. The summed E-state index contributed by atoms with van der Waals surface area (Å²) in [4.78, 5) is 13.7. The number of carbonyl (C=O) groups is 1. The molecule has 1 amide bonds. The zero-order valence-electron chi connectivity index (χ0n) is 16.5. The molecule has 1 aliphatic rings. The predicted octanol–water partition coefficient (Wildman–Crippen LogP) is 3.01. The maximum absolute atomic E-state index is 12.4. The Morgan fingerprint density at radius 1 is 1.14 bits per heavy atom. The Kier molecular flexibility index (Phi) is 5.84. The molecular formula is C22H25N5O2. The number of rotatable bonds is 7. The number of hydrogen-bond acceptors (Lipinski definition) is 5. The van der Waals surface area contributed by atoms with Crippen molar-refractivity contribution in [2.24, 2.45) is 0 Å². The highest BCUT2D eigenvalue weighted by Crippen LogP contribution is 2.24. The summed E-state index contributed by atoms with van der Waals surface area (Å²) in [6.07, 6.45) is 4.79. The lowest BCUT2D eigenvalue weighted by Gasteiger charge is -2.20. The van der Waals surface area contributed by atoms with Gasteiger partial charge >= 0.3 is 0 Å². The summed E-state index contributed by atoms with van der Waals surface area (Å²) < 4.78 is 5.60. The van der Waals surface area contributed by atoms with E-state index in [4.69, 9.17) is 4.74 Å². The molecule has 1 N–H and O–H groups in total. The van der Waals surface area contributed by atoms with Crippen LogP contribution in [0.5, 0.6) is 5.75 Å². The summed E-state index contributed by atoms with van der Waals surface area (Å²) in [6, 6.07) is 15.9. The lowest BCUT2D eigenvalue weighted by molar-refractivity contribution is -0.122. The van der Waals surface area contributed by atoms with Crippen molar-refractivity contribution in [3.63, 3.8) is 0 Å². The van der Waals surface area contributed by atoms with Crippen LogP contribution < -0.4 is 10.1 Å². The fourth-order valence-corrected chi connectivity index (χ4v) is 3.59. The third-order valence-electron chi connectivity index (χ3n) is 5.14. The molecule has 0 fully saturated rings. The largest absolute Gasteiger partial charge is 0.485 e. The number of ether oxygens (including phenoxy) is 1. The minimum Gasteiger partial charge on any atom is -0.485 e. The van der Waals surface area contributed by atoms with Crippen LogP contribution in [-0.4, -0.2) is 26.1 Å². The molecular weight excluding hydrogens is 366 g/mol. The zero-order valence-corrected chi connectivity index (χ0v) is 16.5. The number of aryl methyl sites for hydroxylation is 2. The van der Waals surface area contributed by atoms with Gasteiger partial charge < -0.3 is 10.1 Å². The highest BCUT2D eigenvalue weighted by Gasteiger charge is 2.15. The Balaban J connectivity index is 1.30. The standard InChI is InChI=1S/C22H25N5O2/c1-16(18-12-11-17-7-5-6-8-19(17)13-18)23-22(28)14-27-25-21(24-26-27)15-29-20-9-3-2-4-10-20/h2-4,9-13,16H,5-8,14-15H2,1H3,(H,23,28)/t16-/m0/s1. The molecule has 0 saturated carbocycles. The number of tetrazole rings is 1. The van der Waals surface area contributed by atoms with E-state index in [0.717, 1.165) is 24.2 Å². The van der Waals surface area contributed by atoms with Crippen LogP contribution in [-0.2, 0) is 30.8 Å². The molecule has 1 aliphatic carbocycles. The molecule has 2 aromatic carbocycles. The number of benzene rings is 2. The Morgan fingerprint density at radius 3 is 2.76 bits per heavy atom. The highest BCUT2D eigenvalue weighted by atomic mass is 16.5. The van der Waals surface area contributed by atoms with E-state index in [1.807, 2.05) is 37.3 Å². The topological polar surface area (TPSA) is 81.9 Å². The molecule has 0 saturated heterocycles. The molecule has 0 spiro atoms. The Labute approximate surface area is 170 Å². The van der Waals surface area contributed by atoms with Crippen molar-refractivity contribution in [3.05, 3.63) is 71.0 Å². The molecule has 29 heavy (non-hydrogen) atoms. The van der Waals surface area contributed by atoms with Crippen LogP contribution in [0.2, 0.25) is 0 Å². The van der Waals surface area contributed by atoms with E-state index < -0.39 is 0 Å². The van der Waals surface area contributed by atoms with Crippen LogP contribution in [0.3, 0.4) is 0 Å². The second kappa shape index (κ2) is 8.86. The third-order valence-corrected chi connectivity index (χ3v) is 5.14. The van der Waals surface area contributed by atoms with Gasteiger partial charge in [-0.1, -0.05) is 36.4 Å². The first-order valence-corrected chi connectivity index (χ1v) is 10.0. The van der Waals surface area contributed by atoms with Gasteiger partial charge in [0.2, 0.25) is 11.7 Å². The second-order valence-corrected chi connectivity index (χ2v) is 7.36. The van der Waals surface area contributed by atoms with Crippen molar-refractivity contribution < 1.29 is 9.53 Å². The molecule has 7 nitrogen and oxygen atoms in total. The van der Waals surface area contributed by atoms with Gasteiger partial charge in [0.1, 0.15) is 12.3 Å². The van der Waals surface area contributed by atoms with Gasteiger partial charge in [0.25, 0.3) is 0 Å². The SMILES string of the molecule is C[C@H](NC(=O)Cn1nnc(COc2ccccc2)n1)c1ccc2c(c1)CCCC2. The molecule has 1 atom stereocenters. The van der Waals surface area contributed by atoms with Gasteiger partial charge in [0, 0.05) is 0 Å². The Bertz CT molecular complexity index is 970. The molecule has 0 unspecified atom stereocenters. The van der Waals surface area contributed by atoms with E-state index in [9.17, 15) is 4.79 Å². The molecule has 0 radical (unpaired) electrons. The van der Waals surface area contributed by atoms with Crippen molar-refractivity contribution in [1.82, 2.24) is 25.5 Å². The van der Waals surface area contributed by atoms with Gasteiger partial charge in [-0.25, -0.2) is 0 Å². The minimum atomic E-state index is -0.150. The highest BCUT2D eigenvalue weighted by molar-refractivity contribution is 5.76.